The van der Waals surface area contributed by atoms with Gasteiger partial charge >= 0.3 is 11.9 Å². The van der Waals surface area contributed by atoms with Gasteiger partial charge in [-0.15, -0.1) is 0 Å². The van der Waals surface area contributed by atoms with E-state index in [1.807, 2.05) is 0 Å². The third-order valence-corrected chi connectivity index (χ3v) is 2.59. The molecule has 0 fully saturated rings. The summed E-state index contributed by atoms with van der Waals surface area (Å²) in [5.74, 6) is -1.10. The maximum Gasteiger partial charge on any atom is 0.340 e. The van der Waals surface area contributed by atoms with Crippen LogP contribution in [0.1, 0.15) is 58.3 Å². The smallest absolute Gasteiger partial charge is 0.340 e. The summed E-state index contributed by atoms with van der Waals surface area (Å²) in [7, 11) is 0. The Kier molecular flexibility index (Phi) is 10.3. The Balaban J connectivity index is 3.36. The second kappa shape index (κ2) is 11.0. The molecule has 0 aromatic carbocycles. The quantitative estimate of drug-likeness (QED) is 0.282. The van der Waals surface area contributed by atoms with Crippen molar-refractivity contribution in [2.24, 2.45) is 0 Å². The lowest BCUT2D eigenvalue weighted by molar-refractivity contribution is -0.156. The molecule has 104 valence electrons. The number of carbonyl (C=O) groups excluding carboxylic acids is 2. The van der Waals surface area contributed by atoms with Gasteiger partial charge in [0.25, 0.3) is 0 Å². The third kappa shape index (κ3) is 10.0. The van der Waals surface area contributed by atoms with E-state index < -0.39 is 11.9 Å². The molecule has 0 spiro atoms. The number of esters is 2. The number of unbranched alkanes of at least 4 members (excludes halogenated alkanes) is 6. The minimum atomic E-state index is -0.635. The molecular formula is C14H24O4. The van der Waals surface area contributed by atoms with Gasteiger partial charge in [0.2, 0.25) is 0 Å². The van der Waals surface area contributed by atoms with Crippen LogP contribution in [-0.4, -0.2) is 23.7 Å². The molecule has 0 aliphatic heterocycles. The van der Waals surface area contributed by atoms with E-state index in [0.29, 0.717) is 0 Å². The molecule has 0 aromatic heterocycles. The molecule has 0 aliphatic rings. The lowest BCUT2D eigenvalue weighted by atomic mass is 10.1. The topological polar surface area (TPSA) is 63.6 Å². The van der Waals surface area contributed by atoms with Crippen LogP contribution < -0.4 is 0 Å². The molecule has 4 heteroatoms. The van der Waals surface area contributed by atoms with Crippen LogP contribution in [0, 0.1) is 0 Å². The number of rotatable bonds is 10. The monoisotopic (exact) mass is 256 g/mol. The third-order valence-electron chi connectivity index (χ3n) is 2.59. The summed E-state index contributed by atoms with van der Waals surface area (Å²) >= 11 is 0. The van der Waals surface area contributed by atoms with Crippen LogP contribution in [0.3, 0.4) is 0 Å². The number of aliphatic hydroxyl groups excluding tert-OH is 1. The van der Waals surface area contributed by atoms with E-state index in [1.54, 1.807) is 0 Å². The van der Waals surface area contributed by atoms with Gasteiger partial charge in [0.05, 0.1) is 0 Å². The summed E-state index contributed by atoms with van der Waals surface area (Å²) in [6.45, 7) is 5.19. The van der Waals surface area contributed by atoms with Crippen LogP contribution in [0.4, 0.5) is 0 Å². The maximum atomic E-state index is 11.2. The lowest BCUT2D eigenvalue weighted by Crippen LogP contribution is -2.12. The highest BCUT2D eigenvalue weighted by Gasteiger charge is 2.10. The molecule has 0 unspecified atom stereocenters. The fourth-order valence-electron chi connectivity index (χ4n) is 1.51. The van der Waals surface area contributed by atoms with E-state index in [-0.39, 0.29) is 18.6 Å². The number of ether oxygens (including phenoxy) is 1. The second-order valence-corrected chi connectivity index (χ2v) is 4.49. The highest BCUT2D eigenvalue weighted by molar-refractivity contribution is 5.95. The largest absolute Gasteiger partial charge is 0.396 e. The van der Waals surface area contributed by atoms with Crippen molar-refractivity contribution in [2.45, 2.75) is 58.3 Å². The van der Waals surface area contributed by atoms with E-state index in [1.165, 1.54) is 6.92 Å². The van der Waals surface area contributed by atoms with Crippen molar-refractivity contribution in [2.75, 3.05) is 6.61 Å². The molecule has 1 N–H and O–H groups in total. The molecule has 0 atom stereocenters. The fourth-order valence-corrected chi connectivity index (χ4v) is 1.51. The molecule has 0 rings (SSSR count). The van der Waals surface area contributed by atoms with Gasteiger partial charge in [-0.3, -0.25) is 4.79 Å². The van der Waals surface area contributed by atoms with Gasteiger partial charge in [-0.1, -0.05) is 38.7 Å². The van der Waals surface area contributed by atoms with E-state index in [4.69, 9.17) is 5.11 Å². The van der Waals surface area contributed by atoms with Gasteiger partial charge in [-0.05, 0) is 19.8 Å². The zero-order valence-corrected chi connectivity index (χ0v) is 11.2. The summed E-state index contributed by atoms with van der Waals surface area (Å²) in [6.07, 6.45) is 7.26. The van der Waals surface area contributed by atoms with Gasteiger partial charge < -0.3 is 9.84 Å². The van der Waals surface area contributed by atoms with Gasteiger partial charge in [0.15, 0.2) is 0 Å². The van der Waals surface area contributed by atoms with Gasteiger partial charge in [-0.25, -0.2) is 4.79 Å². The molecule has 0 saturated heterocycles. The normalized spacial score (nSPS) is 10.1. The number of hydrogen-bond donors (Lipinski definition) is 1. The number of aliphatic hydroxyl groups is 1. The van der Waals surface area contributed by atoms with Crippen LogP contribution in [0.25, 0.3) is 0 Å². The second-order valence-electron chi connectivity index (χ2n) is 4.49. The Labute approximate surface area is 109 Å². The highest BCUT2D eigenvalue weighted by Crippen LogP contribution is 2.09. The van der Waals surface area contributed by atoms with Crippen LogP contribution in [0.2, 0.25) is 0 Å². The van der Waals surface area contributed by atoms with E-state index >= 15 is 0 Å². The fraction of sp³-hybridized carbons (Fsp3) is 0.714. The molecule has 0 aromatic rings. The SMILES string of the molecule is C=C(C)C(=O)OC(=O)CCCCCCCCCO. The minimum Gasteiger partial charge on any atom is -0.396 e. The van der Waals surface area contributed by atoms with E-state index in [9.17, 15) is 9.59 Å². The first-order chi connectivity index (χ1) is 8.57. The van der Waals surface area contributed by atoms with Crippen molar-refractivity contribution < 1.29 is 19.4 Å². The van der Waals surface area contributed by atoms with Gasteiger partial charge in [0, 0.05) is 18.6 Å². The average molecular weight is 256 g/mol. The summed E-state index contributed by atoms with van der Waals surface area (Å²) in [4.78, 5) is 22.2. The van der Waals surface area contributed by atoms with Crippen molar-refractivity contribution in [1.82, 2.24) is 0 Å². The Bertz CT molecular complexity index is 271. The molecular weight excluding hydrogens is 232 g/mol. The summed E-state index contributed by atoms with van der Waals surface area (Å²) < 4.78 is 4.57. The first kappa shape index (κ1) is 16.8. The van der Waals surface area contributed by atoms with E-state index in [2.05, 4.69) is 11.3 Å². The first-order valence-corrected chi connectivity index (χ1v) is 6.59. The summed E-state index contributed by atoms with van der Waals surface area (Å²) in [6, 6.07) is 0. The zero-order valence-electron chi connectivity index (χ0n) is 11.2. The van der Waals surface area contributed by atoms with Crippen LogP contribution in [0.15, 0.2) is 12.2 Å². The maximum absolute atomic E-state index is 11.2. The average Bonchev–Trinajstić information content (AvgIpc) is 2.32. The Morgan fingerprint density at radius 1 is 1.00 bits per heavy atom. The molecule has 0 saturated carbocycles. The lowest BCUT2D eigenvalue weighted by Gasteiger charge is -2.03. The van der Waals surface area contributed by atoms with Crippen molar-refractivity contribution >= 4 is 11.9 Å². The number of carbonyl (C=O) groups is 2. The number of hydrogen-bond acceptors (Lipinski definition) is 4. The van der Waals surface area contributed by atoms with Crippen molar-refractivity contribution in [3.63, 3.8) is 0 Å². The molecule has 4 nitrogen and oxygen atoms in total. The van der Waals surface area contributed by atoms with Gasteiger partial charge in [0.1, 0.15) is 0 Å². The molecule has 0 bridgehead atoms. The van der Waals surface area contributed by atoms with Crippen LogP contribution >= 0.6 is 0 Å². The van der Waals surface area contributed by atoms with Crippen LogP contribution in [-0.2, 0) is 14.3 Å². The Morgan fingerprint density at radius 3 is 2.00 bits per heavy atom. The molecule has 0 radical (unpaired) electrons. The van der Waals surface area contributed by atoms with Crippen LogP contribution in [0.5, 0.6) is 0 Å². The minimum absolute atomic E-state index is 0.243. The van der Waals surface area contributed by atoms with Crippen molar-refractivity contribution in [3.05, 3.63) is 12.2 Å². The Hall–Kier alpha value is -1.16. The first-order valence-electron chi connectivity index (χ1n) is 6.59. The van der Waals surface area contributed by atoms with E-state index in [0.717, 1.165) is 44.9 Å². The molecule has 0 heterocycles. The predicted octanol–water partition coefficient (Wildman–Crippen LogP) is 2.75. The summed E-state index contributed by atoms with van der Waals surface area (Å²) in [5.41, 5.74) is 0.243. The van der Waals surface area contributed by atoms with Crippen molar-refractivity contribution in [3.8, 4) is 0 Å². The molecule has 18 heavy (non-hydrogen) atoms. The molecule has 0 amide bonds. The Morgan fingerprint density at radius 2 is 1.50 bits per heavy atom. The predicted molar refractivity (Wildman–Crippen MR) is 69.9 cm³/mol. The van der Waals surface area contributed by atoms with Crippen molar-refractivity contribution in [1.29, 1.82) is 0 Å². The van der Waals surface area contributed by atoms with Gasteiger partial charge in [-0.2, -0.15) is 0 Å². The standard InChI is InChI=1S/C14H24O4/c1-12(2)14(17)18-13(16)10-8-6-4-3-5-7-9-11-15/h15H,1,3-11H2,2H3. The zero-order chi connectivity index (χ0) is 13.8. The summed E-state index contributed by atoms with van der Waals surface area (Å²) in [5, 5.41) is 8.59. The highest BCUT2D eigenvalue weighted by atomic mass is 16.6. The molecule has 0 aliphatic carbocycles.